The molecule has 32 heavy (non-hydrogen) atoms. The minimum absolute atomic E-state index is 0.0150. The lowest BCUT2D eigenvalue weighted by Gasteiger charge is -2.28. The van der Waals surface area contributed by atoms with E-state index in [9.17, 15) is 19.1 Å². The van der Waals surface area contributed by atoms with Crippen LogP contribution in [-0.2, 0) is 11.3 Å². The molecule has 1 amide bonds. The molecule has 0 spiro atoms. The van der Waals surface area contributed by atoms with Crippen molar-refractivity contribution in [2.45, 2.75) is 6.61 Å². The molecule has 162 valence electrons. The van der Waals surface area contributed by atoms with Crippen molar-refractivity contribution in [1.82, 2.24) is 4.90 Å². The smallest absolute Gasteiger partial charge is 0.336 e. The van der Waals surface area contributed by atoms with Gasteiger partial charge in [0.05, 0.1) is 18.8 Å². The zero-order valence-electron chi connectivity index (χ0n) is 17.1. The second kappa shape index (κ2) is 8.09. The minimum atomic E-state index is -1.16. The van der Waals surface area contributed by atoms with Crippen LogP contribution in [0, 0.1) is 5.82 Å². The molecule has 0 aliphatic carbocycles. The summed E-state index contributed by atoms with van der Waals surface area (Å²) in [6.45, 7) is 2.38. The number of benzene rings is 3. The van der Waals surface area contributed by atoms with Crippen LogP contribution in [-0.4, -0.2) is 48.2 Å². The number of hydrogen-bond donors (Lipinski definition) is 1. The van der Waals surface area contributed by atoms with Crippen molar-refractivity contribution < 1.29 is 28.6 Å². The molecule has 3 aromatic rings. The lowest BCUT2D eigenvalue weighted by molar-refractivity contribution is 0.0302. The Morgan fingerprint density at radius 1 is 0.906 bits per heavy atom. The Morgan fingerprint density at radius 3 is 2.44 bits per heavy atom. The Labute approximate surface area is 183 Å². The molecule has 2 aliphatic heterocycles. The van der Waals surface area contributed by atoms with E-state index < -0.39 is 11.8 Å². The third-order valence-electron chi connectivity index (χ3n) is 5.84. The molecule has 0 radical (unpaired) electrons. The largest absolute Gasteiger partial charge is 0.488 e. The maximum atomic E-state index is 14.4. The summed E-state index contributed by atoms with van der Waals surface area (Å²) in [5.74, 6) is -1.24. The van der Waals surface area contributed by atoms with Crippen LogP contribution in [0.3, 0.4) is 0 Å². The van der Waals surface area contributed by atoms with Crippen LogP contribution in [0.4, 0.5) is 4.39 Å². The molecule has 7 heteroatoms. The van der Waals surface area contributed by atoms with Gasteiger partial charge in [0.25, 0.3) is 5.91 Å². The van der Waals surface area contributed by atoms with Gasteiger partial charge in [0.15, 0.2) is 0 Å². The normalized spacial score (nSPS) is 14.8. The summed E-state index contributed by atoms with van der Waals surface area (Å²) in [4.78, 5) is 26.6. The summed E-state index contributed by atoms with van der Waals surface area (Å²) >= 11 is 0. The van der Waals surface area contributed by atoms with Gasteiger partial charge >= 0.3 is 5.97 Å². The van der Waals surface area contributed by atoms with E-state index in [1.807, 2.05) is 6.07 Å². The number of carbonyl (C=O) groups is 2. The van der Waals surface area contributed by atoms with Gasteiger partial charge < -0.3 is 19.5 Å². The molecule has 1 saturated heterocycles. The monoisotopic (exact) mass is 433 g/mol. The number of carboxylic acid groups (broad SMARTS) is 1. The average molecular weight is 433 g/mol. The van der Waals surface area contributed by atoms with Gasteiger partial charge in [-0.05, 0) is 41.5 Å². The molecule has 0 aromatic heterocycles. The molecule has 0 saturated carbocycles. The molecule has 6 nitrogen and oxygen atoms in total. The van der Waals surface area contributed by atoms with Crippen molar-refractivity contribution in [3.05, 3.63) is 77.1 Å². The molecule has 0 atom stereocenters. The summed E-state index contributed by atoms with van der Waals surface area (Å²) in [5, 5.41) is 9.80. The van der Waals surface area contributed by atoms with Crippen LogP contribution < -0.4 is 4.74 Å². The van der Waals surface area contributed by atoms with Crippen molar-refractivity contribution in [2.75, 3.05) is 26.3 Å². The van der Waals surface area contributed by atoms with Crippen molar-refractivity contribution in [1.29, 1.82) is 0 Å². The van der Waals surface area contributed by atoms with Crippen LogP contribution in [0.25, 0.3) is 22.3 Å². The van der Waals surface area contributed by atoms with Gasteiger partial charge in [0.2, 0.25) is 0 Å². The molecule has 1 fully saturated rings. The number of aromatic carboxylic acids is 1. The molecule has 1 N–H and O–H groups in total. The second-order valence-electron chi connectivity index (χ2n) is 7.74. The Kier molecular flexibility index (Phi) is 5.11. The van der Waals surface area contributed by atoms with Gasteiger partial charge in [-0.25, -0.2) is 9.18 Å². The van der Waals surface area contributed by atoms with E-state index in [1.165, 1.54) is 12.1 Å². The number of carboxylic acids is 1. The topological polar surface area (TPSA) is 76.1 Å². The number of rotatable bonds is 3. The summed E-state index contributed by atoms with van der Waals surface area (Å²) < 4.78 is 25.6. The van der Waals surface area contributed by atoms with Crippen LogP contribution in [0.2, 0.25) is 0 Å². The maximum absolute atomic E-state index is 14.4. The maximum Gasteiger partial charge on any atom is 0.336 e. The van der Waals surface area contributed by atoms with Crippen LogP contribution >= 0.6 is 0 Å². The lowest BCUT2D eigenvalue weighted by atomic mass is 9.90. The fourth-order valence-corrected chi connectivity index (χ4v) is 4.20. The number of fused-ring (bicyclic) bond motifs is 3. The van der Waals surface area contributed by atoms with Crippen LogP contribution in [0.1, 0.15) is 26.3 Å². The molecular formula is C25H20FNO5. The number of ether oxygens (including phenoxy) is 2. The van der Waals surface area contributed by atoms with Crippen molar-refractivity contribution in [3.8, 4) is 28.0 Å². The quantitative estimate of drug-likeness (QED) is 0.669. The van der Waals surface area contributed by atoms with Crippen LogP contribution in [0.5, 0.6) is 5.75 Å². The standard InChI is InChI=1S/C25H20FNO5/c26-22-4-2-1-3-18(22)19-13-23-20(12-21(19)25(29)30)17-6-5-15(11-16(17)14-32-23)24(28)27-7-9-31-10-8-27/h1-6,11-13H,7-10,14H2,(H,29,30). The highest BCUT2D eigenvalue weighted by Crippen LogP contribution is 2.42. The third kappa shape index (κ3) is 3.50. The first-order valence-electron chi connectivity index (χ1n) is 10.3. The number of halogens is 1. The fraction of sp³-hybridized carbons (Fsp3) is 0.200. The fourth-order valence-electron chi connectivity index (χ4n) is 4.20. The predicted molar refractivity (Wildman–Crippen MR) is 115 cm³/mol. The summed E-state index contributed by atoms with van der Waals surface area (Å²) in [6.07, 6.45) is 0. The van der Waals surface area contributed by atoms with E-state index in [0.29, 0.717) is 43.2 Å². The van der Waals surface area contributed by atoms with Gasteiger partial charge in [-0.3, -0.25) is 4.79 Å². The molecule has 0 bridgehead atoms. The van der Waals surface area contributed by atoms with Gasteiger partial charge in [0, 0.05) is 35.3 Å². The molecule has 0 unspecified atom stereocenters. The second-order valence-corrected chi connectivity index (χ2v) is 7.74. The number of hydrogen-bond acceptors (Lipinski definition) is 4. The van der Waals surface area contributed by atoms with Crippen molar-refractivity contribution >= 4 is 11.9 Å². The van der Waals surface area contributed by atoms with Gasteiger partial charge in [-0.2, -0.15) is 0 Å². The van der Waals surface area contributed by atoms with Crippen LogP contribution in [0.15, 0.2) is 54.6 Å². The highest BCUT2D eigenvalue weighted by atomic mass is 19.1. The third-order valence-corrected chi connectivity index (χ3v) is 5.84. The highest BCUT2D eigenvalue weighted by molar-refractivity contribution is 6.00. The summed E-state index contributed by atoms with van der Waals surface area (Å²) in [5.41, 5.74) is 3.21. The SMILES string of the molecule is O=C(O)c1cc2c(cc1-c1ccccc1F)OCc1cc(C(=O)N3CCOCC3)ccc1-2. The van der Waals surface area contributed by atoms with E-state index in [4.69, 9.17) is 9.47 Å². The molecule has 2 aliphatic rings. The Bertz CT molecular complexity index is 1230. The number of morpholine rings is 1. The van der Waals surface area contributed by atoms with Crippen molar-refractivity contribution in [3.63, 3.8) is 0 Å². The Balaban J connectivity index is 1.56. The zero-order valence-corrected chi connectivity index (χ0v) is 17.1. The van der Waals surface area contributed by atoms with E-state index in [2.05, 4.69) is 0 Å². The molecular weight excluding hydrogens is 413 g/mol. The number of amides is 1. The first kappa shape index (κ1) is 20.2. The lowest BCUT2D eigenvalue weighted by Crippen LogP contribution is -2.40. The first-order chi connectivity index (χ1) is 15.5. The Hall–Kier alpha value is -3.71. The minimum Gasteiger partial charge on any atom is -0.488 e. The average Bonchev–Trinajstić information content (AvgIpc) is 2.83. The van der Waals surface area contributed by atoms with E-state index >= 15 is 0 Å². The van der Waals surface area contributed by atoms with E-state index in [0.717, 1.165) is 11.1 Å². The highest BCUT2D eigenvalue weighted by Gasteiger charge is 2.26. The first-order valence-corrected chi connectivity index (χ1v) is 10.3. The van der Waals surface area contributed by atoms with Gasteiger partial charge in [-0.15, -0.1) is 0 Å². The van der Waals surface area contributed by atoms with E-state index in [1.54, 1.807) is 41.3 Å². The molecule has 5 rings (SSSR count). The van der Waals surface area contributed by atoms with Gasteiger partial charge in [0.1, 0.15) is 18.2 Å². The summed E-state index contributed by atoms with van der Waals surface area (Å²) in [6, 6.07) is 14.5. The van der Waals surface area contributed by atoms with Crippen molar-refractivity contribution in [2.24, 2.45) is 0 Å². The van der Waals surface area contributed by atoms with E-state index in [-0.39, 0.29) is 29.2 Å². The predicted octanol–water partition coefficient (Wildman–Crippen LogP) is 4.22. The molecule has 3 aromatic carbocycles. The summed E-state index contributed by atoms with van der Waals surface area (Å²) in [7, 11) is 0. The van der Waals surface area contributed by atoms with Gasteiger partial charge in [-0.1, -0.05) is 24.3 Å². The number of carbonyl (C=O) groups excluding carboxylic acids is 1. The zero-order chi connectivity index (χ0) is 22.2. The number of nitrogens with zero attached hydrogens (tertiary/aromatic N) is 1. The molecule has 2 heterocycles. The Morgan fingerprint density at radius 2 is 1.69 bits per heavy atom.